The number of carbonyl (C=O) groups is 1. The predicted molar refractivity (Wildman–Crippen MR) is 120 cm³/mol. The first-order valence-electron chi connectivity index (χ1n) is 10.2. The van der Waals surface area contributed by atoms with Gasteiger partial charge in [-0.2, -0.15) is 0 Å². The lowest BCUT2D eigenvalue weighted by atomic mass is 9.98. The van der Waals surface area contributed by atoms with Crippen LogP contribution in [0.1, 0.15) is 20.1 Å². The molecule has 0 amide bonds. The fourth-order valence-electron chi connectivity index (χ4n) is 3.30. The third-order valence-corrected chi connectivity index (χ3v) is 6.63. The number of hydrogen-bond acceptors (Lipinski definition) is 9. The van der Waals surface area contributed by atoms with Gasteiger partial charge in [-0.1, -0.05) is 11.6 Å². The summed E-state index contributed by atoms with van der Waals surface area (Å²) in [6, 6.07) is 5.65. The van der Waals surface area contributed by atoms with E-state index in [0.29, 0.717) is 9.86 Å². The van der Waals surface area contributed by atoms with Gasteiger partial charge in [-0.05, 0) is 38.1 Å². The van der Waals surface area contributed by atoms with Crippen LogP contribution in [-0.4, -0.2) is 63.1 Å². The first kappa shape index (κ1) is 26.9. The van der Waals surface area contributed by atoms with Gasteiger partial charge in [0.1, 0.15) is 18.8 Å². The molecule has 3 rings (SSSR count). The van der Waals surface area contributed by atoms with E-state index in [1.165, 1.54) is 31.2 Å². The van der Waals surface area contributed by atoms with Gasteiger partial charge in [-0.3, -0.25) is 24.0 Å². The number of hydroxylamine groups is 1. The van der Waals surface area contributed by atoms with Crippen molar-refractivity contribution in [1.82, 2.24) is 14.4 Å². The molecule has 0 bridgehead atoms. The molecule has 1 aliphatic rings. The van der Waals surface area contributed by atoms with Crippen LogP contribution in [-0.2, 0) is 23.7 Å². The number of esters is 1. The highest BCUT2D eigenvalue weighted by atomic mass is 35.5. The number of nitrogens with one attached hydrogen (secondary N) is 1. The Hall–Kier alpha value is -2.67. The highest BCUT2D eigenvalue weighted by molar-refractivity contribution is 7.36. The second kappa shape index (κ2) is 10.9. The van der Waals surface area contributed by atoms with Gasteiger partial charge in [0.25, 0.3) is 5.56 Å². The number of methoxy groups -OCH3 is 1. The van der Waals surface area contributed by atoms with E-state index >= 15 is 4.39 Å². The molecule has 2 unspecified atom stereocenters. The summed E-state index contributed by atoms with van der Waals surface area (Å²) in [5.74, 6) is -0.652. The Morgan fingerprint density at radius 2 is 2.03 bits per heavy atom. The molecule has 1 aromatic heterocycles. The topological polar surface area (TPSA) is 149 Å². The van der Waals surface area contributed by atoms with E-state index in [2.05, 4.69) is 4.74 Å². The number of benzene rings is 1. The summed E-state index contributed by atoms with van der Waals surface area (Å²) < 4.78 is 44.5. The number of halogens is 2. The summed E-state index contributed by atoms with van der Waals surface area (Å²) in [5.41, 5.74) is -4.11. The molecular weight excluding hydrogens is 512 g/mol. The second-order valence-electron chi connectivity index (χ2n) is 7.72. The quantitative estimate of drug-likeness (QED) is 0.276. The van der Waals surface area contributed by atoms with Crippen LogP contribution in [0, 0.1) is 0 Å². The first-order valence-corrected chi connectivity index (χ1v) is 11.7. The molecule has 0 radical (unpaired) electrons. The number of nitrogens with zero attached hydrogens (tertiary/aromatic N) is 2. The zero-order valence-corrected chi connectivity index (χ0v) is 20.4. The third-order valence-electron chi connectivity index (χ3n) is 5.22. The van der Waals surface area contributed by atoms with Gasteiger partial charge in [0.2, 0.25) is 0 Å². The molecule has 12 nitrogen and oxygen atoms in total. The first-order chi connectivity index (χ1) is 16.4. The van der Waals surface area contributed by atoms with Crippen molar-refractivity contribution in [2.24, 2.45) is 0 Å². The Morgan fingerprint density at radius 3 is 2.63 bits per heavy atom. The molecule has 1 aliphatic heterocycles. The number of carbonyl (C=O) groups excluding carboxylic acids is 1. The fraction of sp³-hybridized carbons (Fsp3) is 0.450. The van der Waals surface area contributed by atoms with Crippen LogP contribution in [0.15, 0.2) is 46.1 Å². The molecule has 6 atom stereocenters. The van der Waals surface area contributed by atoms with Gasteiger partial charge >= 0.3 is 19.8 Å². The van der Waals surface area contributed by atoms with Gasteiger partial charge in [0.15, 0.2) is 23.7 Å². The summed E-state index contributed by atoms with van der Waals surface area (Å²) in [6.45, 7) is 1.76. The molecule has 1 aromatic carbocycles. The van der Waals surface area contributed by atoms with Crippen molar-refractivity contribution in [1.29, 1.82) is 0 Å². The molecule has 0 aliphatic carbocycles. The molecule has 2 N–H and O–H groups in total. The number of alkyl halides is 1. The molecule has 15 heteroatoms. The molecule has 35 heavy (non-hydrogen) atoms. The van der Waals surface area contributed by atoms with E-state index < -0.39 is 62.2 Å². The number of aliphatic hydroxyl groups excluding tert-OH is 1. The van der Waals surface area contributed by atoms with Gasteiger partial charge in [0.05, 0.1) is 11.9 Å². The van der Waals surface area contributed by atoms with E-state index in [9.17, 15) is 24.1 Å². The summed E-state index contributed by atoms with van der Waals surface area (Å²) in [7, 11) is -1.72. The standard InChI is InChI=1S/C20H22ClFN3O9P/c1-11(17(28)31-3)25(35(30)34-13-6-4-12(21)5-7-13)32-10-14-16(27)20(2,22)18(33-14)24-9-8-15(26)23-19(24)29/h4-9,11,14,16,18,27H,10H2,1-3H3/p+1/t11?,14-,16-,18-,20-/m1/s1. The zero-order valence-electron chi connectivity index (χ0n) is 18.8. The molecular formula is C20H23ClFN3O9P+. The lowest BCUT2D eigenvalue weighted by Gasteiger charge is -2.24. The Balaban J connectivity index is 1.78. The van der Waals surface area contributed by atoms with Crippen molar-refractivity contribution in [3.63, 3.8) is 0 Å². The Labute approximate surface area is 204 Å². The zero-order chi connectivity index (χ0) is 25.9. The summed E-state index contributed by atoms with van der Waals surface area (Å²) in [6.07, 6.45) is -3.74. The number of hydrogen-bond donors (Lipinski definition) is 2. The summed E-state index contributed by atoms with van der Waals surface area (Å²) in [4.78, 5) is 43.6. The van der Waals surface area contributed by atoms with Crippen molar-refractivity contribution in [3.8, 4) is 5.75 Å². The van der Waals surface area contributed by atoms with Crippen molar-refractivity contribution in [2.45, 2.75) is 44.0 Å². The molecule has 2 aromatic rings. The van der Waals surface area contributed by atoms with E-state index in [4.69, 9.17) is 25.7 Å². The van der Waals surface area contributed by atoms with E-state index in [1.54, 1.807) is 0 Å². The lowest BCUT2D eigenvalue weighted by Crippen LogP contribution is -2.44. The van der Waals surface area contributed by atoms with Gasteiger partial charge in [-0.15, -0.1) is 0 Å². The average Bonchev–Trinajstić information content (AvgIpc) is 3.03. The minimum absolute atomic E-state index is 0.159. The maximum Gasteiger partial charge on any atom is 0.693 e. The van der Waals surface area contributed by atoms with E-state index in [1.807, 2.05) is 4.98 Å². The van der Waals surface area contributed by atoms with Crippen molar-refractivity contribution < 1.29 is 37.7 Å². The number of aliphatic hydroxyl groups is 1. The fourth-order valence-corrected chi connectivity index (χ4v) is 4.35. The van der Waals surface area contributed by atoms with Crippen LogP contribution in [0.3, 0.4) is 0 Å². The Morgan fingerprint density at radius 1 is 1.37 bits per heavy atom. The van der Waals surface area contributed by atoms with E-state index in [0.717, 1.165) is 30.9 Å². The van der Waals surface area contributed by atoms with Crippen molar-refractivity contribution in [2.75, 3.05) is 13.7 Å². The van der Waals surface area contributed by atoms with Gasteiger partial charge < -0.3 is 14.6 Å². The largest absolute Gasteiger partial charge is 0.693 e. The number of H-pyrrole nitrogens is 1. The molecule has 2 heterocycles. The molecule has 1 fully saturated rings. The maximum atomic E-state index is 15.4. The van der Waals surface area contributed by atoms with Crippen molar-refractivity contribution in [3.05, 3.63) is 62.4 Å². The van der Waals surface area contributed by atoms with E-state index in [-0.39, 0.29) is 5.75 Å². The number of aromatic amines is 1. The molecule has 0 saturated carbocycles. The SMILES string of the molecule is COC(=O)C(C)N(OC[C@H]1O[C@@H](n2ccc(=O)[nH]c2=O)[C@](C)(F)[C@@H]1O)[P+](=O)Oc1ccc(Cl)cc1. The minimum Gasteiger partial charge on any atom is -0.468 e. The Bertz CT molecular complexity index is 1190. The maximum absolute atomic E-state index is 15.4. The normalized spacial score (nSPS) is 25.3. The van der Waals surface area contributed by atoms with Crippen LogP contribution in [0.2, 0.25) is 5.02 Å². The monoisotopic (exact) mass is 534 g/mol. The Kier molecular flexibility index (Phi) is 8.42. The minimum atomic E-state index is -2.84. The average molecular weight is 535 g/mol. The summed E-state index contributed by atoms with van der Waals surface area (Å²) >= 11 is 5.82. The smallest absolute Gasteiger partial charge is 0.468 e. The second-order valence-corrected chi connectivity index (χ2v) is 9.21. The molecule has 190 valence electrons. The number of rotatable bonds is 9. The molecule has 1 saturated heterocycles. The number of aromatic nitrogens is 2. The summed E-state index contributed by atoms with van der Waals surface area (Å²) in [5, 5.41) is 10.9. The van der Waals surface area contributed by atoms with Crippen LogP contribution >= 0.6 is 19.8 Å². The third kappa shape index (κ3) is 5.95. The van der Waals surface area contributed by atoms with Crippen LogP contribution in [0.25, 0.3) is 0 Å². The van der Waals surface area contributed by atoms with Crippen LogP contribution in [0.5, 0.6) is 5.75 Å². The highest BCUT2D eigenvalue weighted by Crippen LogP contribution is 2.41. The van der Waals surface area contributed by atoms with Gasteiger partial charge in [-0.25, -0.2) is 13.7 Å². The van der Waals surface area contributed by atoms with Crippen molar-refractivity contribution >= 4 is 25.7 Å². The molecule has 0 spiro atoms. The van der Waals surface area contributed by atoms with Crippen LogP contribution < -0.4 is 15.8 Å². The lowest BCUT2D eigenvalue weighted by molar-refractivity contribution is -0.179. The van der Waals surface area contributed by atoms with Crippen LogP contribution in [0.4, 0.5) is 4.39 Å². The predicted octanol–water partition coefficient (Wildman–Crippen LogP) is 1.71. The van der Waals surface area contributed by atoms with Gasteiger partial charge in [0, 0.05) is 21.9 Å². The highest BCUT2D eigenvalue weighted by Gasteiger charge is 2.56. The number of ether oxygens (including phenoxy) is 2.